The smallest absolute Gasteiger partial charge is 0.272 e. The van der Waals surface area contributed by atoms with Gasteiger partial charge in [0.1, 0.15) is 10.6 Å². The lowest BCUT2D eigenvalue weighted by Crippen LogP contribution is -2.41. The SMILES string of the molecule is O=C(NNS(=O)(=O)c1ccccc1Cl)c1cc(-c2ccccc2)n[nH]1. The Morgan fingerprint density at radius 1 is 1.04 bits per heavy atom. The Balaban J connectivity index is 1.71. The van der Waals surface area contributed by atoms with Gasteiger partial charge in [-0.3, -0.25) is 15.3 Å². The summed E-state index contributed by atoms with van der Waals surface area (Å²) in [5, 5.41) is 6.66. The molecule has 1 amide bonds. The minimum Gasteiger partial charge on any atom is -0.272 e. The van der Waals surface area contributed by atoms with Crippen molar-refractivity contribution in [2.24, 2.45) is 0 Å². The van der Waals surface area contributed by atoms with Gasteiger partial charge in [-0.15, -0.1) is 4.83 Å². The molecule has 0 aliphatic rings. The Bertz CT molecular complexity index is 1000. The first-order valence-electron chi connectivity index (χ1n) is 7.15. The summed E-state index contributed by atoms with van der Waals surface area (Å²) < 4.78 is 24.4. The third-order valence-corrected chi connectivity index (χ3v) is 5.06. The summed E-state index contributed by atoms with van der Waals surface area (Å²) in [6.07, 6.45) is 0. The van der Waals surface area contributed by atoms with Crippen LogP contribution in [0, 0.1) is 0 Å². The summed E-state index contributed by atoms with van der Waals surface area (Å²) in [4.78, 5) is 14.0. The van der Waals surface area contributed by atoms with Gasteiger partial charge in [0.2, 0.25) is 0 Å². The van der Waals surface area contributed by atoms with Crippen molar-refractivity contribution in [2.45, 2.75) is 4.90 Å². The zero-order valence-corrected chi connectivity index (χ0v) is 14.3. The van der Waals surface area contributed by atoms with Gasteiger partial charge in [-0.1, -0.05) is 54.1 Å². The van der Waals surface area contributed by atoms with Gasteiger partial charge < -0.3 is 0 Å². The normalized spacial score (nSPS) is 11.2. The maximum atomic E-state index is 12.2. The van der Waals surface area contributed by atoms with E-state index in [1.807, 2.05) is 35.2 Å². The number of hydrogen-bond acceptors (Lipinski definition) is 4. The van der Waals surface area contributed by atoms with E-state index in [9.17, 15) is 13.2 Å². The molecule has 3 N–H and O–H groups in total. The second-order valence-electron chi connectivity index (χ2n) is 5.02. The second-order valence-corrected chi connectivity index (χ2v) is 7.08. The number of hydrazine groups is 1. The topological polar surface area (TPSA) is 104 Å². The molecule has 0 aliphatic carbocycles. The van der Waals surface area contributed by atoms with E-state index >= 15 is 0 Å². The van der Waals surface area contributed by atoms with E-state index in [2.05, 4.69) is 15.6 Å². The highest BCUT2D eigenvalue weighted by atomic mass is 35.5. The molecule has 128 valence electrons. The number of amides is 1. The van der Waals surface area contributed by atoms with E-state index in [0.717, 1.165) is 5.56 Å². The molecule has 7 nitrogen and oxygen atoms in total. The summed E-state index contributed by atoms with van der Waals surface area (Å²) in [7, 11) is -3.99. The number of aromatic nitrogens is 2. The van der Waals surface area contributed by atoms with Crippen LogP contribution in [0.3, 0.4) is 0 Å². The van der Waals surface area contributed by atoms with Gasteiger partial charge in [-0.2, -0.15) is 5.10 Å². The third-order valence-electron chi connectivity index (χ3n) is 3.32. The van der Waals surface area contributed by atoms with Gasteiger partial charge in [0.15, 0.2) is 0 Å². The Morgan fingerprint density at radius 2 is 1.72 bits per heavy atom. The zero-order chi connectivity index (χ0) is 17.9. The number of halogens is 1. The van der Waals surface area contributed by atoms with Gasteiger partial charge >= 0.3 is 0 Å². The Morgan fingerprint density at radius 3 is 2.44 bits per heavy atom. The summed E-state index contributed by atoms with van der Waals surface area (Å²) in [5.74, 6) is -0.676. The molecule has 0 saturated heterocycles. The molecule has 0 bridgehead atoms. The van der Waals surface area contributed by atoms with Crippen molar-refractivity contribution in [1.82, 2.24) is 20.5 Å². The van der Waals surface area contributed by atoms with Crippen LogP contribution in [0.2, 0.25) is 5.02 Å². The number of aromatic amines is 1. The molecule has 1 aromatic heterocycles. The predicted molar refractivity (Wildman–Crippen MR) is 93.3 cm³/mol. The highest BCUT2D eigenvalue weighted by Crippen LogP contribution is 2.20. The summed E-state index contributed by atoms with van der Waals surface area (Å²) in [6, 6.07) is 16.7. The van der Waals surface area contributed by atoms with E-state index in [1.54, 1.807) is 6.07 Å². The van der Waals surface area contributed by atoms with Crippen LogP contribution < -0.4 is 10.3 Å². The molecular formula is C16H13ClN4O3S. The van der Waals surface area contributed by atoms with Crippen LogP contribution in [-0.4, -0.2) is 24.5 Å². The van der Waals surface area contributed by atoms with E-state index in [-0.39, 0.29) is 15.6 Å². The monoisotopic (exact) mass is 376 g/mol. The molecule has 0 aliphatic heterocycles. The van der Waals surface area contributed by atoms with Crippen LogP contribution in [0.1, 0.15) is 10.5 Å². The maximum Gasteiger partial charge on any atom is 0.284 e. The fraction of sp³-hybridized carbons (Fsp3) is 0. The summed E-state index contributed by atoms with van der Waals surface area (Å²) in [6.45, 7) is 0. The van der Waals surface area contributed by atoms with Crippen molar-refractivity contribution >= 4 is 27.5 Å². The fourth-order valence-corrected chi connectivity index (χ4v) is 3.45. The molecular weight excluding hydrogens is 364 g/mol. The molecule has 3 rings (SSSR count). The van der Waals surface area contributed by atoms with Gasteiger partial charge in [0, 0.05) is 5.56 Å². The fourth-order valence-electron chi connectivity index (χ4n) is 2.09. The average Bonchev–Trinajstić information content (AvgIpc) is 3.11. The van der Waals surface area contributed by atoms with Crippen molar-refractivity contribution < 1.29 is 13.2 Å². The van der Waals surface area contributed by atoms with E-state index < -0.39 is 15.9 Å². The van der Waals surface area contributed by atoms with Crippen molar-refractivity contribution in [3.63, 3.8) is 0 Å². The van der Waals surface area contributed by atoms with Gasteiger partial charge in [0.25, 0.3) is 15.9 Å². The molecule has 0 saturated carbocycles. The summed E-state index contributed by atoms with van der Waals surface area (Å²) >= 11 is 5.86. The lowest BCUT2D eigenvalue weighted by molar-refractivity contribution is 0.0940. The quantitative estimate of drug-likeness (QED) is 0.594. The van der Waals surface area contributed by atoms with Crippen molar-refractivity contribution in [3.05, 3.63) is 71.4 Å². The van der Waals surface area contributed by atoms with Crippen molar-refractivity contribution in [1.29, 1.82) is 0 Å². The number of benzene rings is 2. The highest BCUT2D eigenvalue weighted by Gasteiger charge is 2.19. The number of nitrogens with one attached hydrogen (secondary N) is 3. The highest BCUT2D eigenvalue weighted by molar-refractivity contribution is 7.89. The lowest BCUT2D eigenvalue weighted by atomic mass is 10.1. The van der Waals surface area contributed by atoms with E-state index in [1.165, 1.54) is 24.3 Å². The van der Waals surface area contributed by atoms with Crippen LogP contribution >= 0.6 is 11.6 Å². The summed E-state index contributed by atoms with van der Waals surface area (Å²) in [5.41, 5.74) is 3.63. The molecule has 25 heavy (non-hydrogen) atoms. The minimum atomic E-state index is -3.99. The predicted octanol–water partition coefficient (Wildman–Crippen LogP) is 2.35. The molecule has 0 atom stereocenters. The molecule has 3 aromatic rings. The number of hydrogen-bond donors (Lipinski definition) is 3. The molecule has 0 unspecified atom stereocenters. The van der Waals surface area contributed by atoms with E-state index in [0.29, 0.717) is 5.69 Å². The number of carbonyl (C=O) groups is 1. The number of carbonyl (C=O) groups excluding carboxylic acids is 1. The Hall–Kier alpha value is -2.68. The first kappa shape index (κ1) is 17.2. The van der Waals surface area contributed by atoms with Gasteiger partial charge in [-0.05, 0) is 18.2 Å². The molecule has 0 fully saturated rings. The minimum absolute atomic E-state index is 0.0529. The zero-order valence-electron chi connectivity index (χ0n) is 12.7. The molecule has 2 aromatic carbocycles. The maximum absolute atomic E-state index is 12.2. The third kappa shape index (κ3) is 3.87. The van der Waals surface area contributed by atoms with Crippen LogP contribution in [0.15, 0.2) is 65.6 Å². The molecule has 9 heteroatoms. The first-order valence-corrected chi connectivity index (χ1v) is 9.01. The van der Waals surface area contributed by atoms with Gasteiger partial charge in [0.05, 0.1) is 10.7 Å². The standard InChI is InChI=1S/C16H13ClN4O3S/c17-12-8-4-5-9-15(12)25(23,24)21-20-16(22)14-10-13(18-19-14)11-6-2-1-3-7-11/h1-10,21H,(H,18,19)(H,20,22). The number of nitrogens with zero attached hydrogens (tertiary/aromatic N) is 1. The van der Waals surface area contributed by atoms with Gasteiger partial charge in [-0.25, -0.2) is 8.42 Å². The Kier molecular flexibility index (Phi) is 4.84. The first-order chi connectivity index (χ1) is 12.0. The number of sulfonamides is 1. The lowest BCUT2D eigenvalue weighted by Gasteiger charge is -2.08. The Labute approximate surface area is 149 Å². The largest absolute Gasteiger partial charge is 0.284 e. The van der Waals surface area contributed by atoms with Crippen LogP contribution in [0.4, 0.5) is 0 Å². The molecule has 0 spiro atoms. The number of rotatable bonds is 5. The number of H-pyrrole nitrogens is 1. The van der Waals surface area contributed by atoms with Crippen LogP contribution in [-0.2, 0) is 10.0 Å². The second kappa shape index (κ2) is 7.06. The molecule has 0 radical (unpaired) electrons. The van der Waals surface area contributed by atoms with Crippen LogP contribution in [0.25, 0.3) is 11.3 Å². The average molecular weight is 377 g/mol. The van der Waals surface area contributed by atoms with Crippen molar-refractivity contribution in [3.8, 4) is 11.3 Å². The van der Waals surface area contributed by atoms with Crippen LogP contribution in [0.5, 0.6) is 0 Å². The van der Waals surface area contributed by atoms with E-state index in [4.69, 9.17) is 11.6 Å². The molecule has 1 heterocycles. The van der Waals surface area contributed by atoms with Crippen molar-refractivity contribution in [2.75, 3.05) is 0 Å².